The highest BCUT2D eigenvalue weighted by Crippen LogP contribution is 2.35. The van der Waals surface area contributed by atoms with Gasteiger partial charge in [-0.25, -0.2) is 15.0 Å². The van der Waals surface area contributed by atoms with E-state index in [4.69, 9.17) is 10.5 Å². The summed E-state index contributed by atoms with van der Waals surface area (Å²) >= 11 is 1.60. The van der Waals surface area contributed by atoms with Gasteiger partial charge < -0.3 is 20.7 Å². The highest BCUT2D eigenvalue weighted by Gasteiger charge is 2.17. The van der Waals surface area contributed by atoms with Crippen LogP contribution in [-0.4, -0.2) is 59.9 Å². The molecule has 0 aliphatic heterocycles. The second kappa shape index (κ2) is 9.93. The van der Waals surface area contributed by atoms with E-state index in [-0.39, 0.29) is 6.10 Å². The molecule has 1 atom stereocenters. The Bertz CT molecular complexity index is 1330. The summed E-state index contributed by atoms with van der Waals surface area (Å²) in [5.74, 6) is 1.35. The average Bonchev–Trinajstić information content (AvgIpc) is 3.24. The number of allylic oxidation sites excluding steroid dienone is 1. The predicted molar refractivity (Wildman–Crippen MR) is 138 cm³/mol. The average molecular weight is 462 g/mol. The van der Waals surface area contributed by atoms with E-state index in [1.54, 1.807) is 30.9 Å². The minimum absolute atomic E-state index is 0.0507. The van der Waals surface area contributed by atoms with Crippen molar-refractivity contribution in [1.82, 2.24) is 19.9 Å². The fraction of sp³-hybridized carbons (Fsp3) is 0.250. The number of likely N-dealkylation sites (N-methyl/N-ethyl adjacent to an activating group) is 1. The van der Waals surface area contributed by atoms with E-state index >= 15 is 0 Å². The first-order chi connectivity index (χ1) is 16.0. The van der Waals surface area contributed by atoms with Crippen molar-refractivity contribution in [3.63, 3.8) is 0 Å². The van der Waals surface area contributed by atoms with E-state index < -0.39 is 0 Å². The maximum absolute atomic E-state index is 6.41. The van der Waals surface area contributed by atoms with Gasteiger partial charge in [0, 0.05) is 37.3 Å². The quantitative estimate of drug-likeness (QED) is 0.377. The number of aliphatic imine (C=N–C) groups is 1. The van der Waals surface area contributed by atoms with Gasteiger partial charge in [0.25, 0.3) is 0 Å². The fourth-order valence-corrected chi connectivity index (χ4v) is 4.42. The number of nitrogens with one attached hydrogen (secondary N) is 1. The number of rotatable bonds is 8. The Morgan fingerprint density at radius 2 is 2.06 bits per heavy atom. The highest BCUT2D eigenvalue weighted by atomic mass is 32.1. The van der Waals surface area contributed by atoms with Crippen LogP contribution in [0.1, 0.15) is 12.5 Å². The number of hydrogen-bond donors (Lipinski definition) is 2. The lowest BCUT2D eigenvalue weighted by atomic mass is 10.0. The van der Waals surface area contributed by atoms with Gasteiger partial charge in [-0.05, 0) is 56.9 Å². The lowest BCUT2D eigenvalue weighted by Crippen LogP contribution is -2.28. The summed E-state index contributed by atoms with van der Waals surface area (Å²) in [6.07, 6.45) is 4.75. The summed E-state index contributed by atoms with van der Waals surface area (Å²) in [6.45, 7) is 2.81. The Labute approximate surface area is 196 Å². The first-order valence-corrected chi connectivity index (χ1v) is 11.4. The molecule has 0 spiro atoms. The van der Waals surface area contributed by atoms with Crippen LogP contribution >= 0.6 is 11.3 Å². The van der Waals surface area contributed by atoms with Crippen LogP contribution in [0.4, 0.5) is 11.5 Å². The van der Waals surface area contributed by atoms with Gasteiger partial charge in [-0.3, -0.25) is 4.99 Å². The maximum atomic E-state index is 6.41. The van der Waals surface area contributed by atoms with Gasteiger partial charge >= 0.3 is 0 Å². The zero-order valence-corrected chi connectivity index (χ0v) is 19.9. The molecule has 8 nitrogen and oxygen atoms in total. The minimum atomic E-state index is -0.0507. The highest BCUT2D eigenvalue weighted by molar-refractivity contribution is 7.16. The molecule has 9 heteroatoms. The molecule has 0 unspecified atom stereocenters. The molecule has 4 rings (SSSR count). The van der Waals surface area contributed by atoms with E-state index in [0.29, 0.717) is 11.6 Å². The number of thiazole rings is 1. The van der Waals surface area contributed by atoms with Gasteiger partial charge in [-0.2, -0.15) is 0 Å². The summed E-state index contributed by atoms with van der Waals surface area (Å²) in [5, 5.41) is 4.25. The smallest absolute Gasteiger partial charge is 0.145 e. The molecule has 0 bridgehead atoms. The molecular formula is C24H27N7OS. The van der Waals surface area contributed by atoms with Crippen molar-refractivity contribution in [2.45, 2.75) is 13.0 Å². The molecule has 2 aromatic carbocycles. The first-order valence-electron chi connectivity index (χ1n) is 10.5. The van der Waals surface area contributed by atoms with Gasteiger partial charge in [0.2, 0.25) is 0 Å². The number of benzene rings is 2. The van der Waals surface area contributed by atoms with Crippen molar-refractivity contribution in [2.24, 2.45) is 10.7 Å². The molecule has 4 aromatic rings. The molecule has 3 N–H and O–H groups in total. The number of ether oxygens (including phenoxy) is 1. The number of hydrogen-bond acceptors (Lipinski definition) is 9. The third-order valence-electron chi connectivity index (χ3n) is 5.03. The summed E-state index contributed by atoms with van der Waals surface area (Å²) in [7, 11) is 5.76. The molecule has 0 aliphatic carbocycles. The van der Waals surface area contributed by atoms with E-state index in [9.17, 15) is 0 Å². The van der Waals surface area contributed by atoms with Gasteiger partial charge in [0.15, 0.2) is 0 Å². The maximum Gasteiger partial charge on any atom is 0.145 e. The normalized spacial score (nSPS) is 13.3. The lowest BCUT2D eigenvalue weighted by molar-refractivity contribution is 0.179. The van der Waals surface area contributed by atoms with Crippen LogP contribution in [-0.2, 0) is 0 Å². The van der Waals surface area contributed by atoms with Crippen molar-refractivity contribution in [3.05, 3.63) is 53.9 Å². The van der Waals surface area contributed by atoms with Crippen molar-refractivity contribution in [1.29, 1.82) is 0 Å². The van der Waals surface area contributed by atoms with Crippen LogP contribution in [0.2, 0.25) is 0 Å². The Kier molecular flexibility index (Phi) is 6.81. The number of nitrogens with two attached hydrogens (primary N) is 1. The van der Waals surface area contributed by atoms with Crippen LogP contribution in [0.15, 0.2) is 53.4 Å². The fourth-order valence-electron chi connectivity index (χ4n) is 3.70. The van der Waals surface area contributed by atoms with E-state index in [1.165, 1.54) is 6.20 Å². The number of fused-ring (bicyclic) bond motifs is 2. The molecule has 0 radical (unpaired) electrons. The summed E-state index contributed by atoms with van der Waals surface area (Å²) in [5.41, 5.74) is 12.0. The predicted octanol–water partition coefficient (Wildman–Crippen LogP) is 4.31. The topological polar surface area (TPSA) is 102 Å². The second-order valence-electron chi connectivity index (χ2n) is 7.95. The van der Waals surface area contributed by atoms with Crippen molar-refractivity contribution < 1.29 is 4.74 Å². The Hall–Kier alpha value is -3.56. The second-order valence-corrected chi connectivity index (χ2v) is 8.84. The van der Waals surface area contributed by atoms with Crippen LogP contribution in [0.3, 0.4) is 0 Å². The summed E-state index contributed by atoms with van der Waals surface area (Å²) in [4.78, 5) is 19.6. The largest absolute Gasteiger partial charge is 0.489 e. The SMILES string of the molecule is CN=C/C(=C\N)c1cc(O[C@H](C)CN(C)C)c2c(Nc3ccc4ncsc4c3)ncnc2c1. The van der Waals surface area contributed by atoms with Gasteiger partial charge in [0.05, 0.1) is 26.6 Å². The summed E-state index contributed by atoms with van der Waals surface area (Å²) < 4.78 is 7.51. The van der Waals surface area contributed by atoms with E-state index in [1.807, 2.05) is 50.8 Å². The standard InChI is InChI=1S/C24H27N7OS/c1-15(12-31(3)4)32-21-8-16(17(10-25)11-26-2)7-20-23(21)24(28-13-27-20)30-18-5-6-19-22(9-18)33-14-29-19/h5-11,13-15H,12,25H2,1-4H3,(H,27,28,30)/b17-10+,26-11?/t15-/m1/s1. The van der Waals surface area contributed by atoms with Crippen LogP contribution in [0.25, 0.3) is 26.7 Å². The van der Waals surface area contributed by atoms with Crippen molar-refractivity contribution in [3.8, 4) is 5.75 Å². The zero-order valence-electron chi connectivity index (χ0n) is 19.1. The molecule has 2 heterocycles. The van der Waals surface area contributed by atoms with Crippen LogP contribution in [0.5, 0.6) is 5.75 Å². The van der Waals surface area contributed by atoms with Gasteiger partial charge in [-0.1, -0.05) is 0 Å². The lowest BCUT2D eigenvalue weighted by Gasteiger charge is -2.21. The van der Waals surface area contributed by atoms with E-state index in [0.717, 1.165) is 44.5 Å². The molecule has 170 valence electrons. The number of aromatic nitrogens is 3. The first kappa shape index (κ1) is 22.6. The number of nitrogens with zero attached hydrogens (tertiary/aromatic N) is 5. The monoisotopic (exact) mass is 461 g/mol. The molecular weight excluding hydrogens is 434 g/mol. The van der Waals surface area contributed by atoms with Gasteiger partial charge in [0.1, 0.15) is 24.0 Å². The molecule has 0 fully saturated rings. The minimum Gasteiger partial charge on any atom is -0.489 e. The van der Waals surface area contributed by atoms with Crippen LogP contribution in [0, 0.1) is 0 Å². The molecule has 0 saturated carbocycles. The zero-order chi connectivity index (χ0) is 23.4. The molecule has 0 saturated heterocycles. The van der Waals surface area contributed by atoms with E-state index in [2.05, 4.69) is 36.2 Å². The third kappa shape index (κ3) is 5.10. The van der Waals surface area contributed by atoms with Crippen molar-refractivity contribution >= 4 is 55.7 Å². The Morgan fingerprint density at radius 1 is 1.21 bits per heavy atom. The molecule has 0 aliphatic rings. The Balaban J connectivity index is 1.82. The van der Waals surface area contributed by atoms with Crippen molar-refractivity contribution in [2.75, 3.05) is 33.0 Å². The van der Waals surface area contributed by atoms with Crippen LogP contribution < -0.4 is 15.8 Å². The third-order valence-corrected chi connectivity index (χ3v) is 5.82. The Morgan fingerprint density at radius 3 is 2.82 bits per heavy atom. The molecule has 0 amide bonds. The van der Waals surface area contributed by atoms with Gasteiger partial charge in [-0.15, -0.1) is 11.3 Å². The summed E-state index contributed by atoms with van der Waals surface area (Å²) in [6, 6.07) is 9.99. The molecule has 33 heavy (non-hydrogen) atoms. The number of anilines is 2. The molecule has 2 aromatic heterocycles.